The maximum atomic E-state index is 10.7. The fourth-order valence-corrected chi connectivity index (χ4v) is 2.14. The summed E-state index contributed by atoms with van der Waals surface area (Å²) in [5.41, 5.74) is 0.203. The highest BCUT2D eigenvalue weighted by atomic mass is 35.7. The smallest absolute Gasteiger partial charge is 0.232 e. The number of nitrogens with zero attached hydrogens (tertiary/aromatic N) is 1. The molecule has 92 valence electrons. The van der Waals surface area contributed by atoms with Gasteiger partial charge in [-0.25, -0.2) is 8.42 Å². The zero-order valence-electron chi connectivity index (χ0n) is 10.2. The Hall–Kier alpha value is 0.200. The Balaban J connectivity index is 4.00. The first-order chi connectivity index (χ1) is 6.54. The molecule has 0 aliphatic heterocycles. The second kappa shape index (κ2) is 5.51. The van der Waals surface area contributed by atoms with Crippen molar-refractivity contribution in [2.75, 3.05) is 19.3 Å². The second-order valence-corrected chi connectivity index (χ2v) is 8.02. The Labute approximate surface area is 98.2 Å². The van der Waals surface area contributed by atoms with Gasteiger partial charge in [0.15, 0.2) is 0 Å². The van der Waals surface area contributed by atoms with Gasteiger partial charge in [0.05, 0.1) is 5.75 Å². The van der Waals surface area contributed by atoms with Crippen LogP contribution in [0.15, 0.2) is 0 Å². The SMILES string of the molecule is CC(N(C)CCCS(=O)(=O)Cl)C(C)(C)C. The van der Waals surface area contributed by atoms with Crippen LogP contribution in [-0.2, 0) is 9.05 Å². The van der Waals surface area contributed by atoms with Crippen molar-refractivity contribution < 1.29 is 8.42 Å². The standard InChI is InChI=1S/C10H22ClNO2S/c1-9(10(2,3)4)12(5)7-6-8-15(11,13)14/h9H,6-8H2,1-5H3. The van der Waals surface area contributed by atoms with E-state index in [0.717, 1.165) is 6.54 Å². The molecular formula is C10H22ClNO2S. The summed E-state index contributed by atoms with van der Waals surface area (Å²) in [5.74, 6) is 0.0513. The number of rotatable bonds is 5. The lowest BCUT2D eigenvalue weighted by molar-refractivity contribution is 0.141. The average molecular weight is 256 g/mol. The largest absolute Gasteiger partial charge is 0.303 e. The molecule has 0 N–H and O–H groups in total. The van der Waals surface area contributed by atoms with Gasteiger partial charge in [0.2, 0.25) is 9.05 Å². The molecule has 0 radical (unpaired) electrons. The van der Waals surface area contributed by atoms with Crippen LogP contribution >= 0.6 is 10.7 Å². The van der Waals surface area contributed by atoms with E-state index < -0.39 is 9.05 Å². The Morgan fingerprint density at radius 2 is 1.80 bits per heavy atom. The Morgan fingerprint density at radius 3 is 2.13 bits per heavy atom. The van der Waals surface area contributed by atoms with Crippen LogP contribution in [0.3, 0.4) is 0 Å². The molecule has 0 saturated carbocycles. The van der Waals surface area contributed by atoms with Gasteiger partial charge in [-0.1, -0.05) is 20.8 Å². The van der Waals surface area contributed by atoms with E-state index in [1.807, 2.05) is 7.05 Å². The molecule has 0 aliphatic carbocycles. The van der Waals surface area contributed by atoms with Crippen LogP contribution in [0.1, 0.15) is 34.1 Å². The van der Waals surface area contributed by atoms with E-state index in [4.69, 9.17) is 10.7 Å². The summed E-state index contributed by atoms with van der Waals surface area (Å²) < 4.78 is 21.5. The van der Waals surface area contributed by atoms with Crippen molar-refractivity contribution in [3.05, 3.63) is 0 Å². The van der Waals surface area contributed by atoms with Crippen molar-refractivity contribution in [1.82, 2.24) is 4.90 Å². The summed E-state index contributed by atoms with van der Waals surface area (Å²) in [7, 11) is 3.82. The van der Waals surface area contributed by atoms with Crippen molar-refractivity contribution in [1.29, 1.82) is 0 Å². The predicted molar refractivity (Wildman–Crippen MR) is 65.8 cm³/mol. The Bertz CT molecular complexity index is 282. The average Bonchev–Trinajstić information content (AvgIpc) is 1.98. The molecule has 0 bridgehead atoms. The molecule has 0 amide bonds. The molecule has 0 spiro atoms. The highest BCUT2D eigenvalue weighted by Gasteiger charge is 2.23. The van der Waals surface area contributed by atoms with E-state index >= 15 is 0 Å². The molecular weight excluding hydrogens is 234 g/mol. The maximum Gasteiger partial charge on any atom is 0.232 e. The zero-order chi connectivity index (χ0) is 12.3. The highest BCUT2D eigenvalue weighted by molar-refractivity contribution is 8.13. The molecule has 15 heavy (non-hydrogen) atoms. The quantitative estimate of drug-likeness (QED) is 0.708. The van der Waals surface area contributed by atoms with Crippen LogP contribution in [0.25, 0.3) is 0 Å². The first kappa shape index (κ1) is 15.2. The highest BCUT2D eigenvalue weighted by Crippen LogP contribution is 2.22. The van der Waals surface area contributed by atoms with E-state index in [2.05, 4.69) is 32.6 Å². The molecule has 0 rings (SSSR count). The van der Waals surface area contributed by atoms with Gasteiger partial charge in [-0.15, -0.1) is 0 Å². The van der Waals surface area contributed by atoms with Gasteiger partial charge in [0.25, 0.3) is 0 Å². The molecule has 0 aromatic carbocycles. The van der Waals surface area contributed by atoms with Gasteiger partial charge < -0.3 is 4.90 Å². The summed E-state index contributed by atoms with van der Waals surface area (Å²) in [4.78, 5) is 2.17. The second-order valence-electron chi connectivity index (χ2n) is 5.12. The van der Waals surface area contributed by atoms with Gasteiger partial charge in [-0.05, 0) is 32.4 Å². The normalized spacial score (nSPS) is 15.7. The summed E-state index contributed by atoms with van der Waals surface area (Å²) in [6.07, 6.45) is 0.586. The Kier molecular flexibility index (Phi) is 5.58. The van der Waals surface area contributed by atoms with Crippen molar-refractivity contribution >= 4 is 19.7 Å². The number of halogens is 1. The molecule has 0 fully saturated rings. The molecule has 0 aromatic rings. The van der Waals surface area contributed by atoms with Crippen LogP contribution < -0.4 is 0 Å². The molecule has 0 aromatic heterocycles. The summed E-state index contributed by atoms with van der Waals surface area (Å²) in [5, 5.41) is 0. The minimum atomic E-state index is -3.34. The lowest BCUT2D eigenvalue weighted by Crippen LogP contribution is -2.40. The maximum absolute atomic E-state index is 10.7. The summed E-state index contributed by atoms with van der Waals surface area (Å²) >= 11 is 0. The minimum absolute atomic E-state index is 0.0513. The van der Waals surface area contributed by atoms with E-state index in [1.165, 1.54) is 0 Å². The van der Waals surface area contributed by atoms with Crippen LogP contribution in [0.4, 0.5) is 0 Å². The van der Waals surface area contributed by atoms with Gasteiger partial charge in [0, 0.05) is 16.7 Å². The summed E-state index contributed by atoms with van der Waals surface area (Å²) in [6.45, 7) is 9.42. The monoisotopic (exact) mass is 255 g/mol. The van der Waals surface area contributed by atoms with Crippen molar-refractivity contribution in [2.45, 2.75) is 40.2 Å². The van der Waals surface area contributed by atoms with Gasteiger partial charge in [-0.3, -0.25) is 0 Å². The van der Waals surface area contributed by atoms with Crippen LogP contribution in [0, 0.1) is 5.41 Å². The van der Waals surface area contributed by atoms with E-state index in [1.54, 1.807) is 0 Å². The van der Waals surface area contributed by atoms with Gasteiger partial charge >= 0.3 is 0 Å². The molecule has 1 unspecified atom stereocenters. The molecule has 0 heterocycles. The summed E-state index contributed by atoms with van der Waals surface area (Å²) in [6, 6.07) is 0.413. The molecule has 5 heteroatoms. The van der Waals surface area contributed by atoms with E-state index in [9.17, 15) is 8.42 Å². The van der Waals surface area contributed by atoms with Crippen LogP contribution in [0.2, 0.25) is 0 Å². The fourth-order valence-electron chi connectivity index (χ4n) is 1.34. The molecule has 3 nitrogen and oxygen atoms in total. The van der Waals surface area contributed by atoms with Gasteiger partial charge in [0.1, 0.15) is 0 Å². The van der Waals surface area contributed by atoms with Crippen LogP contribution in [0.5, 0.6) is 0 Å². The molecule has 1 atom stereocenters. The Morgan fingerprint density at radius 1 is 1.33 bits per heavy atom. The molecule has 0 aliphatic rings. The van der Waals surface area contributed by atoms with E-state index in [-0.39, 0.29) is 11.2 Å². The lowest BCUT2D eigenvalue weighted by atomic mass is 9.87. The third-order valence-electron chi connectivity index (χ3n) is 2.81. The number of hydrogen-bond donors (Lipinski definition) is 0. The number of hydrogen-bond acceptors (Lipinski definition) is 3. The fraction of sp³-hybridized carbons (Fsp3) is 1.00. The lowest BCUT2D eigenvalue weighted by Gasteiger charge is -2.35. The van der Waals surface area contributed by atoms with Crippen LogP contribution in [-0.4, -0.2) is 38.7 Å². The van der Waals surface area contributed by atoms with Gasteiger partial charge in [-0.2, -0.15) is 0 Å². The van der Waals surface area contributed by atoms with Crippen molar-refractivity contribution in [3.8, 4) is 0 Å². The third kappa shape index (κ3) is 7.14. The predicted octanol–water partition coefficient (Wildman–Crippen LogP) is 2.31. The zero-order valence-corrected chi connectivity index (χ0v) is 11.8. The van der Waals surface area contributed by atoms with Crippen molar-refractivity contribution in [3.63, 3.8) is 0 Å². The third-order valence-corrected chi connectivity index (χ3v) is 4.05. The first-order valence-electron chi connectivity index (χ1n) is 5.16. The van der Waals surface area contributed by atoms with E-state index in [0.29, 0.717) is 12.5 Å². The first-order valence-corrected chi connectivity index (χ1v) is 7.64. The molecule has 0 saturated heterocycles. The minimum Gasteiger partial charge on any atom is -0.303 e. The topological polar surface area (TPSA) is 37.4 Å². The van der Waals surface area contributed by atoms with Crippen molar-refractivity contribution in [2.24, 2.45) is 5.41 Å².